The summed E-state index contributed by atoms with van der Waals surface area (Å²) < 4.78 is 11.2. The lowest BCUT2D eigenvalue weighted by atomic mass is 9.49. The fraction of sp³-hybridized carbons (Fsp3) is 0.619. The average Bonchev–Trinajstić information content (AvgIpc) is 2.92. The second-order valence-corrected chi connectivity index (χ2v) is 8.03. The maximum absolute atomic E-state index is 12.3. The van der Waals surface area contributed by atoms with Crippen molar-refractivity contribution in [3.63, 3.8) is 0 Å². The lowest BCUT2D eigenvalue weighted by molar-refractivity contribution is -0.136. The molecule has 0 amide bonds. The minimum absolute atomic E-state index is 0.0414. The first-order chi connectivity index (χ1) is 11.8. The van der Waals surface area contributed by atoms with Crippen molar-refractivity contribution >= 4 is 12.3 Å². The number of carbonyl (C=O) groups excluding carboxylic acids is 2. The van der Waals surface area contributed by atoms with E-state index in [-0.39, 0.29) is 28.8 Å². The highest BCUT2D eigenvalue weighted by molar-refractivity contribution is 5.91. The van der Waals surface area contributed by atoms with Gasteiger partial charge in [0.25, 0.3) is 0 Å². The van der Waals surface area contributed by atoms with E-state index < -0.39 is 0 Å². The monoisotopic (exact) mass is 344 g/mol. The number of ether oxygens (including phenoxy) is 2. The van der Waals surface area contributed by atoms with Gasteiger partial charge in [-0.05, 0) is 50.0 Å². The van der Waals surface area contributed by atoms with Gasteiger partial charge in [-0.3, -0.25) is 0 Å². The summed E-state index contributed by atoms with van der Waals surface area (Å²) >= 11 is 0. The minimum Gasteiger partial charge on any atom is -0.466 e. The van der Waals surface area contributed by atoms with E-state index in [1.54, 1.807) is 0 Å². The van der Waals surface area contributed by atoms with Crippen LogP contribution >= 0.6 is 0 Å². The third kappa shape index (κ3) is 2.45. The number of aldehydes is 1. The van der Waals surface area contributed by atoms with Gasteiger partial charge in [-0.15, -0.1) is 0 Å². The number of methoxy groups -OCH3 is 1. The third-order valence-corrected chi connectivity index (χ3v) is 6.78. The Morgan fingerprint density at radius 1 is 1.48 bits per heavy atom. The Hall–Kier alpha value is -1.68. The second kappa shape index (κ2) is 6.24. The molecule has 0 N–H and O–H groups in total. The molecule has 0 aromatic carbocycles. The van der Waals surface area contributed by atoms with Crippen LogP contribution in [0.1, 0.15) is 46.5 Å². The average molecular weight is 344 g/mol. The van der Waals surface area contributed by atoms with Gasteiger partial charge in [0.15, 0.2) is 0 Å². The molecule has 2 fully saturated rings. The zero-order valence-electron chi connectivity index (χ0n) is 15.7. The smallest absolute Gasteiger partial charge is 0.334 e. The van der Waals surface area contributed by atoms with Crippen molar-refractivity contribution in [3.05, 3.63) is 34.9 Å². The SMILES string of the molecule is C=C(C)[C@H]1C[C@@H]2OCC3=C(C(=O)OC)CC=C([C@@]32C)[C@]1(C)CCC=O. The quantitative estimate of drug-likeness (QED) is 0.433. The zero-order chi connectivity index (χ0) is 18.4. The Morgan fingerprint density at radius 2 is 2.20 bits per heavy atom. The molecule has 25 heavy (non-hydrogen) atoms. The highest BCUT2D eigenvalue weighted by Gasteiger charge is 2.60. The van der Waals surface area contributed by atoms with E-state index in [0.717, 1.165) is 35.8 Å². The molecule has 4 heteroatoms. The standard InChI is InChI=1S/C21H28O4/c1-13(2)15-11-18-21(4)16(12-25-18)14(19(23)24-5)7-8-17(21)20(15,3)9-6-10-22/h8,10,15,18H,1,6-7,9,11-12H2,2-5H3/t15-,18+,20-,21-/m1/s1. The van der Waals surface area contributed by atoms with Crippen LogP contribution in [0.5, 0.6) is 0 Å². The molecule has 3 rings (SSSR count). The van der Waals surface area contributed by atoms with Crippen LogP contribution in [0, 0.1) is 16.7 Å². The lowest BCUT2D eigenvalue weighted by Gasteiger charge is -2.55. The first kappa shape index (κ1) is 18.1. The van der Waals surface area contributed by atoms with Crippen molar-refractivity contribution in [1.82, 2.24) is 0 Å². The van der Waals surface area contributed by atoms with E-state index in [2.05, 4.69) is 33.4 Å². The Balaban J connectivity index is 2.12. The predicted molar refractivity (Wildman–Crippen MR) is 95.9 cm³/mol. The summed E-state index contributed by atoms with van der Waals surface area (Å²) in [7, 11) is 1.43. The summed E-state index contributed by atoms with van der Waals surface area (Å²) in [6.07, 6.45) is 6.00. The number of esters is 1. The Kier molecular flexibility index (Phi) is 4.52. The van der Waals surface area contributed by atoms with E-state index >= 15 is 0 Å². The molecule has 0 aromatic rings. The fourth-order valence-electron chi connectivity index (χ4n) is 5.51. The number of hydrogen-bond donors (Lipinski definition) is 0. The second-order valence-electron chi connectivity index (χ2n) is 8.03. The van der Waals surface area contributed by atoms with Gasteiger partial charge in [0.1, 0.15) is 6.29 Å². The largest absolute Gasteiger partial charge is 0.466 e. The molecular weight excluding hydrogens is 316 g/mol. The molecule has 2 aliphatic carbocycles. The third-order valence-electron chi connectivity index (χ3n) is 6.78. The Bertz CT molecular complexity index is 686. The van der Waals surface area contributed by atoms with Crippen LogP contribution < -0.4 is 0 Å². The molecule has 0 radical (unpaired) electrons. The van der Waals surface area contributed by atoms with Crippen molar-refractivity contribution in [3.8, 4) is 0 Å². The molecule has 4 atom stereocenters. The minimum atomic E-state index is -0.286. The van der Waals surface area contributed by atoms with Crippen LogP contribution in [0.3, 0.4) is 0 Å². The van der Waals surface area contributed by atoms with Gasteiger partial charge < -0.3 is 14.3 Å². The van der Waals surface area contributed by atoms with Crippen LogP contribution in [0.15, 0.2) is 34.9 Å². The van der Waals surface area contributed by atoms with E-state index in [1.165, 1.54) is 12.7 Å². The van der Waals surface area contributed by atoms with Crippen LogP contribution in [0.2, 0.25) is 0 Å². The molecule has 0 aromatic heterocycles. The number of hydrogen-bond acceptors (Lipinski definition) is 4. The molecule has 4 nitrogen and oxygen atoms in total. The predicted octanol–water partition coefficient (Wildman–Crippen LogP) is 3.77. The number of rotatable bonds is 5. The molecular formula is C21H28O4. The summed E-state index contributed by atoms with van der Waals surface area (Å²) in [6, 6.07) is 0. The summed E-state index contributed by atoms with van der Waals surface area (Å²) in [4.78, 5) is 23.3. The van der Waals surface area contributed by atoms with Gasteiger partial charge in [0, 0.05) is 17.4 Å². The van der Waals surface area contributed by atoms with Crippen molar-refractivity contribution in [2.45, 2.75) is 52.6 Å². The first-order valence-electron chi connectivity index (χ1n) is 9.03. The van der Waals surface area contributed by atoms with Gasteiger partial charge >= 0.3 is 5.97 Å². The lowest BCUT2D eigenvalue weighted by Crippen LogP contribution is -2.50. The fourth-order valence-corrected chi connectivity index (χ4v) is 5.51. The Labute approximate surface area is 150 Å². The first-order valence-corrected chi connectivity index (χ1v) is 9.03. The molecule has 136 valence electrons. The van der Waals surface area contributed by atoms with Crippen LogP contribution in [-0.2, 0) is 19.1 Å². The number of carbonyl (C=O) groups is 2. The van der Waals surface area contributed by atoms with Gasteiger partial charge in [0.05, 0.1) is 19.8 Å². The summed E-state index contributed by atoms with van der Waals surface area (Å²) in [5.41, 5.74) is 3.83. The maximum Gasteiger partial charge on any atom is 0.334 e. The highest BCUT2D eigenvalue weighted by Crippen LogP contribution is 2.64. The van der Waals surface area contributed by atoms with Gasteiger partial charge in [-0.25, -0.2) is 4.79 Å². The van der Waals surface area contributed by atoms with Crippen LogP contribution in [0.4, 0.5) is 0 Å². The topological polar surface area (TPSA) is 52.6 Å². The molecule has 0 unspecified atom stereocenters. The van der Waals surface area contributed by atoms with E-state index in [4.69, 9.17) is 9.47 Å². The van der Waals surface area contributed by atoms with Gasteiger partial charge in [0.2, 0.25) is 0 Å². The van der Waals surface area contributed by atoms with Gasteiger partial charge in [-0.1, -0.05) is 30.7 Å². The molecule has 0 bridgehead atoms. The molecule has 0 spiro atoms. The van der Waals surface area contributed by atoms with Gasteiger partial charge in [-0.2, -0.15) is 0 Å². The molecule has 1 saturated heterocycles. The molecule has 3 aliphatic rings. The normalized spacial score (nSPS) is 36.6. The Morgan fingerprint density at radius 3 is 2.80 bits per heavy atom. The number of allylic oxidation sites excluding steroid dienone is 2. The van der Waals surface area contributed by atoms with Crippen LogP contribution in [-0.4, -0.2) is 32.1 Å². The summed E-state index contributed by atoms with van der Waals surface area (Å²) in [6.45, 7) is 11.2. The summed E-state index contributed by atoms with van der Waals surface area (Å²) in [5.74, 6) is 0.0168. The highest BCUT2D eigenvalue weighted by atomic mass is 16.5. The van der Waals surface area contributed by atoms with E-state index in [0.29, 0.717) is 19.4 Å². The van der Waals surface area contributed by atoms with E-state index in [9.17, 15) is 9.59 Å². The molecule has 1 aliphatic heterocycles. The molecule has 1 heterocycles. The van der Waals surface area contributed by atoms with Crippen LogP contribution in [0.25, 0.3) is 0 Å². The van der Waals surface area contributed by atoms with Crippen molar-refractivity contribution < 1.29 is 19.1 Å². The van der Waals surface area contributed by atoms with Crippen molar-refractivity contribution in [1.29, 1.82) is 0 Å². The van der Waals surface area contributed by atoms with Crippen molar-refractivity contribution in [2.75, 3.05) is 13.7 Å². The zero-order valence-corrected chi connectivity index (χ0v) is 15.7. The van der Waals surface area contributed by atoms with Crippen molar-refractivity contribution in [2.24, 2.45) is 16.7 Å². The summed E-state index contributed by atoms with van der Waals surface area (Å²) in [5, 5.41) is 0. The van der Waals surface area contributed by atoms with E-state index in [1.807, 2.05) is 0 Å². The maximum atomic E-state index is 12.3. The molecule has 1 saturated carbocycles.